The van der Waals surface area contributed by atoms with Crippen molar-refractivity contribution >= 4 is 0 Å². The Bertz CT molecular complexity index is 520. The van der Waals surface area contributed by atoms with E-state index < -0.39 is 6.10 Å². The molecule has 0 aromatic heterocycles. The fourth-order valence-corrected chi connectivity index (χ4v) is 2.72. The van der Waals surface area contributed by atoms with Crippen LogP contribution in [0.1, 0.15) is 67.4 Å². The van der Waals surface area contributed by atoms with Gasteiger partial charge in [-0.05, 0) is 41.0 Å². The van der Waals surface area contributed by atoms with E-state index in [0.717, 1.165) is 11.1 Å². The van der Waals surface area contributed by atoms with Gasteiger partial charge in [-0.15, -0.1) is 0 Å². The lowest BCUT2D eigenvalue weighted by Gasteiger charge is -2.05. The number of aliphatic hydroxyl groups excluding tert-OH is 2. The van der Waals surface area contributed by atoms with E-state index in [1.807, 2.05) is 26.8 Å². The molecule has 2 rings (SSSR count). The molecule has 98 valence electrons. The predicted molar refractivity (Wildman–Crippen MR) is 70.7 cm³/mol. The van der Waals surface area contributed by atoms with Crippen molar-refractivity contribution in [2.45, 2.75) is 51.7 Å². The second kappa shape index (κ2) is 4.82. The normalized spacial score (nSPS) is 22.3. The highest BCUT2D eigenvalue weighted by Gasteiger charge is 2.29. The minimum atomic E-state index is -0.628. The molecule has 0 heterocycles. The second-order valence-electron chi connectivity index (χ2n) is 5.47. The molecule has 2 atom stereocenters. The minimum Gasteiger partial charge on any atom is -0.392 e. The van der Waals surface area contributed by atoms with Gasteiger partial charge < -0.3 is 10.2 Å². The molecule has 0 radical (unpaired) electrons. The molecule has 0 bridgehead atoms. The molecule has 0 amide bonds. The van der Waals surface area contributed by atoms with Crippen LogP contribution in [-0.4, -0.2) is 10.2 Å². The van der Waals surface area contributed by atoms with Gasteiger partial charge in [0, 0.05) is 5.56 Å². The first-order valence-corrected chi connectivity index (χ1v) is 6.45. The van der Waals surface area contributed by atoms with E-state index in [0.29, 0.717) is 17.5 Å². The Morgan fingerprint density at radius 3 is 2.61 bits per heavy atom. The lowest BCUT2D eigenvalue weighted by atomic mass is 9.99. The van der Waals surface area contributed by atoms with Gasteiger partial charge in [-0.2, -0.15) is 0 Å². The lowest BCUT2D eigenvalue weighted by Crippen LogP contribution is -2.10. The van der Waals surface area contributed by atoms with Crippen LogP contribution in [-0.2, 0) is 6.61 Å². The average Bonchev–Trinajstić information content (AvgIpc) is 2.48. The molecule has 1 aliphatic rings. The summed E-state index contributed by atoms with van der Waals surface area (Å²) in [6.07, 6.45) is 0.000761. The molecular formula is C15H20O3. The quantitative estimate of drug-likeness (QED) is 0.843. The molecule has 1 aliphatic carbocycles. The summed E-state index contributed by atoms with van der Waals surface area (Å²) in [5, 5.41) is 19.5. The molecule has 1 aromatic rings. The van der Waals surface area contributed by atoms with Gasteiger partial charge in [0.05, 0.1) is 12.7 Å². The van der Waals surface area contributed by atoms with Crippen LogP contribution >= 0.6 is 0 Å². The Labute approximate surface area is 107 Å². The summed E-state index contributed by atoms with van der Waals surface area (Å²) in [5.74, 6) is 0.482. The zero-order valence-corrected chi connectivity index (χ0v) is 11.1. The van der Waals surface area contributed by atoms with Crippen molar-refractivity contribution in [1.82, 2.24) is 0 Å². The summed E-state index contributed by atoms with van der Waals surface area (Å²) in [6, 6.07) is 3.61. The topological polar surface area (TPSA) is 57.5 Å². The summed E-state index contributed by atoms with van der Waals surface area (Å²) < 4.78 is 0. The zero-order chi connectivity index (χ0) is 13.4. The molecular weight excluding hydrogens is 228 g/mol. The number of fused-ring (bicyclic) bond motifs is 1. The number of hydrogen-bond acceptors (Lipinski definition) is 3. The maximum Gasteiger partial charge on any atom is 0.184 e. The van der Waals surface area contributed by atoms with Gasteiger partial charge >= 0.3 is 0 Å². The molecule has 1 aromatic carbocycles. The summed E-state index contributed by atoms with van der Waals surface area (Å²) in [6.45, 7) is 5.81. The SMILES string of the molecule is CC(C)c1cc2c(c(CO)c(=O)c1)[C@@H](O)C[C@@H]2C. The van der Waals surface area contributed by atoms with Gasteiger partial charge in [-0.3, -0.25) is 4.79 Å². The Morgan fingerprint density at radius 2 is 2.06 bits per heavy atom. The highest BCUT2D eigenvalue weighted by Crippen LogP contribution is 2.41. The maximum absolute atomic E-state index is 12.1. The van der Waals surface area contributed by atoms with Crippen molar-refractivity contribution in [3.8, 4) is 0 Å². The van der Waals surface area contributed by atoms with Crippen molar-refractivity contribution < 1.29 is 10.2 Å². The Hall–Kier alpha value is -1.19. The first-order valence-electron chi connectivity index (χ1n) is 6.45. The van der Waals surface area contributed by atoms with Crippen LogP contribution < -0.4 is 5.43 Å². The summed E-state index contributed by atoms with van der Waals surface area (Å²) >= 11 is 0. The molecule has 18 heavy (non-hydrogen) atoms. The van der Waals surface area contributed by atoms with Crippen molar-refractivity contribution in [2.75, 3.05) is 0 Å². The predicted octanol–water partition coefficient (Wildman–Crippen LogP) is 2.20. The van der Waals surface area contributed by atoms with E-state index in [1.54, 1.807) is 6.07 Å². The Balaban J connectivity index is 2.81. The Kier molecular flexibility index (Phi) is 3.55. The fraction of sp³-hybridized carbons (Fsp3) is 0.533. The third kappa shape index (κ3) is 2.08. The van der Waals surface area contributed by atoms with Gasteiger partial charge in [0.25, 0.3) is 0 Å². The van der Waals surface area contributed by atoms with Crippen LogP contribution in [0, 0.1) is 0 Å². The van der Waals surface area contributed by atoms with Crippen molar-refractivity contribution in [3.05, 3.63) is 44.6 Å². The summed E-state index contributed by atoms with van der Waals surface area (Å²) in [4.78, 5) is 12.1. The van der Waals surface area contributed by atoms with Crippen LogP contribution in [0.3, 0.4) is 0 Å². The molecule has 0 aliphatic heterocycles. The van der Waals surface area contributed by atoms with Crippen LogP contribution in [0.15, 0.2) is 16.9 Å². The zero-order valence-electron chi connectivity index (χ0n) is 11.1. The van der Waals surface area contributed by atoms with E-state index >= 15 is 0 Å². The largest absolute Gasteiger partial charge is 0.392 e. The molecule has 3 nitrogen and oxygen atoms in total. The molecule has 0 fully saturated rings. The first kappa shape index (κ1) is 13.2. The molecule has 0 unspecified atom stereocenters. The summed E-state index contributed by atoms with van der Waals surface area (Å²) in [5.41, 5.74) is 2.82. The van der Waals surface area contributed by atoms with Gasteiger partial charge in [-0.25, -0.2) is 0 Å². The summed E-state index contributed by atoms with van der Waals surface area (Å²) in [7, 11) is 0. The third-order valence-corrected chi connectivity index (χ3v) is 3.82. The molecule has 3 heteroatoms. The molecule has 0 saturated carbocycles. The van der Waals surface area contributed by atoms with Crippen LogP contribution in [0.25, 0.3) is 0 Å². The average molecular weight is 248 g/mol. The molecule has 0 spiro atoms. The van der Waals surface area contributed by atoms with Crippen LogP contribution in [0.4, 0.5) is 0 Å². The lowest BCUT2D eigenvalue weighted by molar-refractivity contribution is 0.170. The monoisotopic (exact) mass is 248 g/mol. The van der Waals surface area contributed by atoms with E-state index in [4.69, 9.17) is 0 Å². The second-order valence-corrected chi connectivity index (χ2v) is 5.47. The van der Waals surface area contributed by atoms with E-state index in [-0.39, 0.29) is 23.9 Å². The van der Waals surface area contributed by atoms with Crippen LogP contribution in [0.5, 0.6) is 0 Å². The first-order chi connectivity index (χ1) is 8.45. The van der Waals surface area contributed by atoms with Crippen LogP contribution in [0.2, 0.25) is 0 Å². The van der Waals surface area contributed by atoms with E-state index in [2.05, 4.69) is 0 Å². The highest BCUT2D eigenvalue weighted by molar-refractivity contribution is 5.44. The Morgan fingerprint density at radius 1 is 1.39 bits per heavy atom. The van der Waals surface area contributed by atoms with Crippen molar-refractivity contribution in [2.24, 2.45) is 0 Å². The van der Waals surface area contributed by atoms with E-state index in [1.165, 1.54) is 0 Å². The highest BCUT2D eigenvalue weighted by atomic mass is 16.3. The third-order valence-electron chi connectivity index (χ3n) is 3.82. The van der Waals surface area contributed by atoms with Gasteiger partial charge in [0.1, 0.15) is 0 Å². The smallest absolute Gasteiger partial charge is 0.184 e. The van der Waals surface area contributed by atoms with Gasteiger partial charge in [0.2, 0.25) is 0 Å². The van der Waals surface area contributed by atoms with Crippen molar-refractivity contribution in [1.29, 1.82) is 0 Å². The molecule has 0 saturated heterocycles. The maximum atomic E-state index is 12.1. The standard InChI is InChI=1S/C15H20O3/c1-8(2)10-5-11-9(3)4-14(18)15(11)12(7-16)13(17)6-10/h5-6,8-9,14,16,18H,4,7H2,1-3H3/t9-,14-/m0/s1. The van der Waals surface area contributed by atoms with Gasteiger partial charge in [-0.1, -0.05) is 26.8 Å². The van der Waals surface area contributed by atoms with Crippen molar-refractivity contribution in [3.63, 3.8) is 0 Å². The van der Waals surface area contributed by atoms with E-state index in [9.17, 15) is 15.0 Å². The number of aliphatic hydroxyl groups is 2. The number of rotatable bonds is 2. The molecule has 2 N–H and O–H groups in total. The minimum absolute atomic E-state index is 0.171. The number of hydrogen-bond donors (Lipinski definition) is 2. The fourth-order valence-electron chi connectivity index (χ4n) is 2.72. The van der Waals surface area contributed by atoms with Gasteiger partial charge in [0.15, 0.2) is 5.43 Å².